The van der Waals surface area contributed by atoms with Crippen molar-refractivity contribution in [2.24, 2.45) is 5.73 Å². The molecule has 0 saturated heterocycles. The zero-order valence-corrected chi connectivity index (χ0v) is 10.4. The van der Waals surface area contributed by atoms with Crippen molar-refractivity contribution in [1.82, 2.24) is 15.0 Å². The minimum Gasteiger partial charge on any atom is -0.382 e. The first-order valence-corrected chi connectivity index (χ1v) is 5.93. The molecule has 4 N–H and O–H groups in total. The molecule has 0 unspecified atom stereocenters. The average molecular weight is 265 g/mol. The third-order valence-electron chi connectivity index (χ3n) is 2.95. The minimum absolute atomic E-state index is 0.240. The zero-order chi connectivity index (χ0) is 14.1. The van der Waals surface area contributed by atoms with Gasteiger partial charge >= 0.3 is 0 Å². The number of nitrogens with zero attached hydrogens (tertiary/aromatic N) is 3. The normalized spacial score (nSPS) is 10.6. The molecule has 0 aliphatic carbocycles. The van der Waals surface area contributed by atoms with Gasteiger partial charge in [0.25, 0.3) is 5.91 Å². The highest BCUT2D eigenvalue weighted by molar-refractivity contribution is 6.07. The Balaban J connectivity index is 2.27. The van der Waals surface area contributed by atoms with E-state index in [1.54, 1.807) is 6.20 Å². The molecule has 98 valence electrons. The Labute approximate surface area is 114 Å². The predicted molar refractivity (Wildman–Crippen MR) is 75.7 cm³/mol. The van der Waals surface area contributed by atoms with Crippen LogP contribution in [0.3, 0.4) is 0 Å². The van der Waals surface area contributed by atoms with Crippen molar-refractivity contribution in [2.45, 2.75) is 0 Å². The second-order valence-corrected chi connectivity index (χ2v) is 4.24. The van der Waals surface area contributed by atoms with E-state index in [1.165, 1.54) is 6.20 Å². The molecule has 0 spiro atoms. The van der Waals surface area contributed by atoms with Crippen LogP contribution in [0.25, 0.3) is 22.3 Å². The number of hydrogen-bond donors (Lipinski definition) is 2. The summed E-state index contributed by atoms with van der Waals surface area (Å²) in [6, 6.07) is 9.48. The summed E-state index contributed by atoms with van der Waals surface area (Å²) < 4.78 is 0. The lowest BCUT2D eigenvalue weighted by Crippen LogP contribution is -2.13. The second-order valence-electron chi connectivity index (χ2n) is 4.24. The number of primary amides is 1. The highest BCUT2D eigenvalue weighted by atomic mass is 16.1. The Kier molecular flexibility index (Phi) is 2.76. The molecule has 2 aromatic heterocycles. The summed E-state index contributed by atoms with van der Waals surface area (Å²) >= 11 is 0. The molecule has 2 heterocycles. The first kappa shape index (κ1) is 12.0. The van der Waals surface area contributed by atoms with Crippen LogP contribution >= 0.6 is 0 Å². The highest BCUT2D eigenvalue weighted by Gasteiger charge is 2.13. The number of fused-ring (bicyclic) bond motifs is 1. The average Bonchev–Trinajstić information content (AvgIpc) is 2.48. The summed E-state index contributed by atoms with van der Waals surface area (Å²) in [6.07, 6.45) is 2.88. The van der Waals surface area contributed by atoms with E-state index in [4.69, 9.17) is 11.5 Å². The Hall–Kier alpha value is -3.02. The Morgan fingerprint density at radius 2 is 1.80 bits per heavy atom. The van der Waals surface area contributed by atoms with E-state index < -0.39 is 5.91 Å². The Morgan fingerprint density at radius 3 is 2.50 bits per heavy atom. The van der Waals surface area contributed by atoms with Crippen LogP contribution in [-0.2, 0) is 0 Å². The Bertz CT molecular complexity index is 801. The minimum atomic E-state index is -0.585. The summed E-state index contributed by atoms with van der Waals surface area (Å²) in [5.41, 5.74) is 12.7. The first-order chi connectivity index (χ1) is 9.66. The van der Waals surface area contributed by atoms with Gasteiger partial charge in [-0.25, -0.2) is 15.0 Å². The molecular weight excluding hydrogens is 254 g/mol. The number of rotatable bonds is 2. The summed E-state index contributed by atoms with van der Waals surface area (Å²) in [6.45, 7) is 0. The molecule has 0 atom stereocenters. The maximum absolute atomic E-state index is 11.4. The van der Waals surface area contributed by atoms with Gasteiger partial charge in [-0.3, -0.25) is 4.79 Å². The molecule has 3 rings (SSSR count). The molecule has 0 radical (unpaired) electrons. The molecule has 1 aromatic carbocycles. The molecule has 0 aliphatic heterocycles. The molecule has 1 amide bonds. The van der Waals surface area contributed by atoms with Crippen molar-refractivity contribution in [3.05, 3.63) is 48.3 Å². The summed E-state index contributed by atoms with van der Waals surface area (Å²) in [5.74, 6) is 0.177. The van der Waals surface area contributed by atoms with Crippen LogP contribution in [0.4, 0.5) is 5.82 Å². The lowest BCUT2D eigenvalue weighted by atomic mass is 10.1. The summed E-state index contributed by atoms with van der Waals surface area (Å²) in [5, 5.41) is 0.504. The third-order valence-corrected chi connectivity index (χ3v) is 2.95. The summed E-state index contributed by atoms with van der Waals surface area (Å²) in [4.78, 5) is 24.0. The molecule has 0 bridgehead atoms. The van der Waals surface area contributed by atoms with Crippen LogP contribution in [0.2, 0.25) is 0 Å². The standard InChI is InChI=1S/C14H11N5O/c15-12-11-9(10(7-17-12)13(16)20)6-18-14(19-11)8-4-2-1-3-5-8/h1-7H,(H2,15,17)(H2,16,20). The van der Waals surface area contributed by atoms with Gasteiger partial charge in [0.2, 0.25) is 0 Å². The van der Waals surface area contributed by atoms with E-state index in [1.807, 2.05) is 30.3 Å². The molecule has 6 heteroatoms. The summed E-state index contributed by atoms with van der Waals surface area (Å²) in [7, 11) is 0. The van der Waals surface area contributed by atoms with Crippen LogP contribution in [0.15, 0.2) is 42.7 Å². The van der Waals surface area contributed by atoms with Crippen molar-refractivity contribution in [3.63, 3.8) is 0 Å². The molecule has 6 nitrogen and oxygen atoms in total. The van der Waals surface area contributed by atoms with Crippen LogP contribution < -0.4 is 11.5 Å². The second kappa shape index (κ2) is 4.58. The molecule has 20 heavy (non-hydrogen) atoms. The zero-order valence-electron chi connectivity index (χ0n) is 10.4. The number of nitrogens with two attached hydrogens (primary N) is 2. The molecule has 0 fully saturated rings. The topological polar surface area (TPSA) is 108 Å². The van der Waals surface area contributed by atoms with Crippen molar-refractivity contribution < 1.29 is 4.79 Å². The van der Waals surface area contributed by atoms with Gasteiger partial charge in [-0.1, -0.05) is 30.3 Å². The lowest BCUT2D eigenvalue weighted by Gasteiger charge is -2.06. The largest absolute Gasteiger partial charge is 0.382 e. The van der Waals surface area contributed by atoms with Crippen molar-refractivity contribution in [1.29, 1.82) is 0 Å². The number of amides is 1. The maximum Gasteiger partial charge on any atom is 0.251 e. The van der Waals surface area contributed by atoms with Crippen molar-refractivity contribution in [3.8, 4) is 11.4 Å². The number of hydrogen-bond acceptors (Lipinski definition) is 5. The van der Waals surface area contributed by atoms with Gasteiger partial charge in [0, 0.05) is 23.3 Å². The van der Waals surface area contributed by atoms with Crippen LogP contribution in [0.5, 0.6) is 0 Å². The van der Waals surface area contributed by atoms with Crippen molar-refractivity contribution >= 4 is 22.6 Å². The number of carbonyl (C=O) groups is 1. The van der Waals surface area contributed by atoms with E-state index >= 15 is 0 Å². The highest BCUT2D eigenvalue weighted by Crippen LogP contribution is 2.23. The molecular formula is C14H11N5O. The SMILES string of the molecule is NC(=O)c1cnc(N)c2nc(-c3ccccc3)ncc12. The van der Waals surface area contributed by atoms with E-state index in [9.17, 15) is 4.79 Å². The quantitative estimate of drug-likeness (QED) is 0.727. The van der Waals surface area contributed by atoms with E-state index in [0.29, 0.717) is 16.7 Å². The number of anilines is 1. The van der Waals surface area contributed by atoms with Gasteiger partial charge < -0.3 is 11.5 Å². The number of pyridine rings is 1. The van der Waals surface area contributed by atoms with Gasteiger partial charge in [0.05, 0.1) is 5.56 Å². The fourth-order valence-corrected chi connectivity index (χ4v) is 1.96. The first-order valence-electron chi connectivity index (χ1n) is 5.93. The molecule has 3 aromatic rings. The number of carbonyl (C=O) groups excluding carboxylic acids is 1. The smallest absolute Gasteiger partial charge is 0.251 e. The van der Waals surface area contributed by atoms with Gasteiger partial charge in [-0.2, -0.15) is 0 Å². The van der Waals surface area contributed by atoms with E-state index in [-0.39, 0.29) is 11.4 Å². The third kappa shape index (κ3) is 1.93. The van der Waals surface area contributed by atoms with E-state index in [0.717, 1.165) is 5.56 Å². The lowest BCUT2D eigenvalue weighted by molar-refractivity contribution is 0.100. The van der Waals surface area contributed by atoms with Crippen molar-refractivity contribution in [2.75, 3.05) is 5.73 Å². The monoisotopic (exact) mass is 265 g/mol. The number of nitrogen functional groups attached to an aromatic ring is 1. The number of benzene rings is 1. The fourth-order valence-electron chi connectivity index (χ4n) is 1.96. The van der Waals surface area contributed by atoms with Crippen LogP contribution in [0.1, 0.15) is 10.4 Å². The van der Waals surface area contributed by atoms with Gasteiger partial charge in [0.15, 0.2) is 5.82 Å². The van der Waals surface area contributed by atoms with E-state index in [2.05, 4.69) is 15.0 Å². The fraction of sp³-hybridized carbons (Fsp3) is 0. The number of aromatic nitrogens is 3. The van der Waals surface area contributed by atoms with Crippen LogP contribution in [0, 0.1) is 0 Å². The predicted octanol–water partition coefficient (Wildman–Crippen LogP) is 1.37. The Morgan fingerprint density at radius 1 is 1.05 bits per heavy atom. The van der Waals surface area contributed by atoms with Gasteiger partial charge in [-0.05, 0) is 0 Å². The molecule has 0 saturated carbocycles. The van der Waals surface area contributed by atoms with Gasteiger partial charge in [0.1, 0.15) is 11.3 Å². The van der Waals surface area contributed by atoms with Gasteiger partial charge in [-0.15, -0.1) is 0 Å². The molecule has 0 aliphatic rings. The maximum atomic E-state index is 11.4. The van der Waals surface area contributed by atoms with Crippen LogP contribution in [-0.4, -0.2) is 20.9 Å².